The lowest BCUT2D eigenvalue weighted by Gasteiger charge is -2.11. The van der Waals surface area contributed by atoms with Gasteiger partial charge in [-0.3, -0.25) is 4.79 Å². The Balaban J connectivity index is 1.75. The van der Waals surface area contributed by atoms with Crippen molar-refractivity contribution in [2.75, 3.05) is 5.32 Å². The summed E-state index contributed by atoms with van der Waals surface area (Å²) >= 11 is 0. The smallest absolute Gasteiger partial charge is 0.247 e. The summed E-state index contributed by atoms with van der Waals surface area (Å²) in [6, 6.07) is 15.4. The van der Waals surface area contributed by atoms with Crippen molar-refractivity contribution in [2.45, 2.75) is 19.9 Å². The minimum atomic E-state index is -0.105. The van der Waals surface area contributed by atoms with Crippen molar-refractivity contribution in [3.8, 4) is 11.3 Å². The average Bonchev–Trinajstić information content (AvgIpc) is 3.11. The largest absolute Gasteiger partial charge is 0.366 e. The Kier molecular flexibility index (Phi) is 4.23. The molecule has 0 saturated carbocycles. The molecular formula is C20H19N5O. The fraction of sp³-hybridized carbons (Fsp3) is 0.150. The number of aryl methyl sites for hydroxylation is 1. The van der Waals surface area contributed by atoms with Crippen LogP contribution in [0.1, 0.15) is 18.1 Å². The Labute approximate surface area is 150 Å². The fourth-order valence-electron chi connectivity index (χ4n) is 2.89. The van der Waals surface area contributed by atoms with E-state index in [-0.39, 0.29) is 5.56 Å². The minimum absolute atomic E-state index is 0.105. The first kappa shape index (κ1) is 16.1. The van der Waals surface area contributed by atoms with Gasteiger partial charge in [0.25, 0.3) is 0 Å². The molecule has 26 heavy (non-hydrogen) atoms. The minimum Gasteiger partial charge on any atom is -0.366 e. The molecule has 0 spiro atoms. The molecule has 4 aromatic rings. The molecule has 3 heterocycles. The number of aromatic nitrogens is 4. The van der Waals surface area contributed by atoms with E-state index in [9.17, 15) is 4.79 Å². The third-order valence-electron chi connectivity index (χ3n) is 4.32. The zero-order chi connectivity index (χ0) is 17.9. The second-order valence-corrected chi connectivity index (χ2v) is 6.07. The molecule has 2 N–H and O–H groups in total. The number of rotatable bonds is 5. The molecule has 0 fully saturated rings. The molecule has 3 aromatic heterocycles. The molecule has 0 bridgehead atoms. The standard InChI is InChI=1S/C20H19N5O/c1-2-15-13-23-25-18(21-11-14-8-9-19(26)22-12-14)10-17(24-20(15)25)16-6-4-3-5-7-16/h3-10,12-13,21H,2,11H2,1H3,(H,22,26). The van der Waals surface area contributed by atoms with Crippen LogP contribution < -0.4 is 10.9 Å². The van der Waals surface area contributed by atoms with E-state index in [2.05, 4.69) is 22.3 Å². The van der Waals surface area contributed by atoms with Crippen molar-refractivity contribution in [2.24, 2.45) is 0 Å². The summed E-state index contributed by atoms with van der Waals surface area (Å²) in [5, 5.41) is 7.89. The van der Waals surface area contributed by atoms with Crippen LogP contribution in [0.2, 0.25) is 0 Å². The predicted molar refractivity (Wildman–Crippen MR) is 102 cm³/mol. The molecule has 0 unspecified atom stereocenters. The van der Waals surface area contributed by atoms with Crippen LogP contribution in [0.4, 0.5) is 5.82 Å². The summed E-state index contributed by atoms with van der Waals surface area (Å²) in [7, 11) is 0. The zero-order valence-electron chi connectivity index (χ0n) is 14.4. The van der Waals surface area contributed by atoms with Gasteiger partial charge in [0, 0.05) is 36.0 Å². The molecule has 1 aromatic carbocycles. The van der Waals surface area contributed by atoms with Crippen LogP contribution in [0.5, 0.6) is 0 Å². The van der Waals surface area contributed by atoms with Gasteiger partial charge in [-0.15, -0.1) is 0 Å². The number of pyridine rings is 1. The molecule has 0 aliphatic rings. The van der Waals surface area contributed by atoms with E-state index in [4.69, 9.17) is 4.98 Å². The van der Waals surface area contributed by atoms with Gasteiger partial charge in [-0.2, -0.15) is 9.61 Å². The second kappa shape index (κ2) is 6.84. The maximum Gasteiger partial charge on any atom is 0.247 e. The third-order valence-corrected chi connectivity index (χ3v) is 4.32. The normalized spacial score (nSPS) is 11.0. The number of H-pyrrole nitrogens is 1. The van der Waals surface area contributed by atoms with Crippen LogP contribution in [0.3, 0.4) is 0 Å². The highest BCUT2D eigenvalue weighted by Crippen LogP contribution is 2.24. The van der Waals surface area contributed by atoms with Crippen LogP contribution in [0.25, 0.3) is 16.9 Å². The molecule has 0 radical (unpaired) electrons. The molecule has 0 saturated heterocycles. The van der Waals surface area contributed by atoms with Crippen molar-refractivity contribution in [1.29, 1.82) is 0 Å². The van der Waals surface area contributed by atoms with Crippen LogP contribution in [-0.2, 0) is 13.0 Å². The lowest BCUT2D eigenvalue weighted by molar-refractivity contribution is 0.924. The molecule has 6 nitrogen and oxygen atoms in total. The van der Waals surface area contributed by atoms with E-state index in [1.165, 1.54) is 6.07 Å². The molecule has 130 valence electrons. The monoisotopic (exact) mass is 345 g/mol. The number of hydrogen-bond donors (Lipinski definition) is 2. The van der Waals surface area contributed by atoms with Crippen molar-refractivity contribution in [1.82, 2.24) is 19.6 Å². The fourth-order valence-corrected chi connectivity index (χ4v) is 2.89. The first-order valence-corrected chi connectivity index (χ1v) is 8.59. The number of hydrogen-bond acceptors (Lipinski definition) is 4. The Morgan fingerprint density at radius 2 is 2.00 bits per heavy atom. The molecule has 0 aliphatic carbocycles. The number of benzene rings is 1. The second-order valence-electron chi connectivity index (χ2n) is 6.07. The van der Waals surface area contributed by atoms with Crippen LogP contribution in [0.15, 0.2) is 65.7 Å². The van der Waals surface area contributed by atoms with Crippen LogP contribution in [0, 0.1) is 0 Å². The van der Waals surface area contributed by atoms with Crippen molar-refractivity contribution in [3.05, 3.63) is 82.4 Å². The van der Waals surface area contributed by atoms with Gasteiger partial charge in [0.1, 0.15) is 5.82 Å². The number of nitrogens with zero attached hydrogens (tertiary/aromatic N) is 3. The highest BCUT2D eigenvalue weighted by molar-refractivity contribution is 5.67. The summed E-state index contributed by atoms with van der Waals surface area (Å²) in [5.41, 5.74) is 4.81. The van der Waals surface area contributed by atoms with Gasteiger partial charge in [-0.25, -0.2) is 4.98 Å². The highest BCUT2D eigenvalue weighted by atomic mass is 16.1. The quantitative estimate of drug-likeness (QED) is 0.582. The Morgan fingerprint density at radius 3 is 2.73 bits per heavy atom. The SMILES string of the molecule is CCc1cnn2c(NCc3ccc(=O)[nH]c3)cc(-c3ccccc3)nc12. The summed E-state index contributed by atoms with van der Waals surface area (Å²) < 4.78 is 1.83. The molecule has 6 heteroatoms. The van der Waals surface area contributed by atoms with Gasteiger partial charge in [-0.1, -0.05) is 43.3 Å². The van der Waals surface area contributed by atoms with Crippen LogP contribution >= 0.6 is 0 Å². The summed E-state index contributed by atoms with van der Waals surface area (Å²) in [4.78, 5) is 18.7. The zero-order valence-corrected chi connectivity index (χ0v) is 14.4. The average molecular weight is 345 g/mol. The highest BCUT2D eigenvalue weighted by Gasteiger charge is 2.11. The maximum atomic E-state index is 11.2. The first-order valence-electron chi connectivity index (χ1n) is 8.59. The van der Waals surface area contributed by atoms with E-state index < -0.39 is 0 Å². The first-order chi connectivity index (χ1) is 12.7. The lowest BCUT2D eigenvalue weighted by Crippen LogP contribution is -2.09. The molecular weight excluding hydrogens is 326 g/mol. The van der Waals surface area contributed by atoms with Gasteiger partial charge < -0.3 is 10.3 Å². The number of nitrogens with one attached hydrogen (secondary N) is 2. The van der Waals surface area contributed by atoms with Gasteiger partial charge >= 0.3 is 0 Å². The summed E-state index contributed by atoms with van der Waals surface area (Å²) in [5.74, 6) is 0.861. The van der Waals surface area contributed by atoms with Gasteiger partial charge in [0.2, 0.25) is 5.56 Å². The van der Waals surface area contributed by atoms with Crippen molar-refractivity contribution in [3.63, 3.8) is 0 Å². The van der Waals surface area contributed by atoms with Gasteiger partial charge in [0.15, 0.2) is 5.65 Å². The van der Waals surface area contributed by atoms with E-state index in [1.54, 1.807) is 6.20 Å². The molecule has 0 atom stereocenters. The number of fused-ring (bicyclic) bond motifs is 1. The topological polar surface area (TPSA) is 75.1 Å². The molecule has 4 rings (SSSR count). The molecule has 0 aliphatic heterocycles. The summed E-state index contributed by atoms with van der Waals surface area (Å²) in [6.45, 7) is 2.67. The predicted octanol–water partition coefficient (Wildman–Crippen LogP) is 3.26. The Morgan fingerprint density at radius 1 is 1.15 bits per heavy atom. The van der Waals surface area contributed by atoms with E-state index in [0.717, 1.165) is 40.3 Å². The van der Waals surface area contributed by atoms with Crippen LogP contribution in [-0.4, -0.2) is 19.6 Å². The van der Waals surface area contributed by atoms with E-state index >= 15 is 0 Å². The van der Waals surface area contributed by atoms with Gasteiger partial charge in [0.05, 0.1) is 11.9 Å². The molecule has 0 amide bonds. The third kappa shape index (κ3) is 3.09. The Hall–Kier alpha value is -3.41. The maximum absolute atomic E-state index is 11.2. The van der Waals surface area contributed by atoms with E-state index in [1.807, 2.05) is 53.2 Å². The van der Waals surface area contributed by atoms with E-state index in [0.29, 0.717) is 6.54 Å². The summed E-state index contributed by atoms with van der Waals surface area (Å²) in [6.07, 6.45) is 4.45. The van der Waals surface area contributed by atoms with Crippen molar-refractivity contribution < 1.29 is 0 Å². The number of anilines is 1. The lowest BCUT2D eigenvalue weighted by atomic mass is 10.1. The Bertz CT molecular complexity index is 1080. The van der Waals surface area contributed by atoms with Gasteiger partial charge in [-0.05, 0) is 12.0 Å². The number of aromatic amines is 1. The van der Waals surface area contributed by atoms with Crippen molar-refractivity contribution >= 4 is 11.5 Å².